The number of carbonyl (C=O) groups excluding carboxylic acids is 1. The van der Waals surface area contributed by atoms with Crippen molar-refractivity contribution in [2.75, 3.05) is 6.54 Å². The molecule has 0 spiro atoms. The van der Waals surface area contributed by atoms with E-state index in [1.54, 1.807) is 11.3 Å². The maximum atomic E-state index is 11.7. The smallest absolute Gasteiger partial charge is 0.252 e. The van der Waals surface area contributed by atoms with Crippen molar-refractivity contribution in [2.24, 2.45) is 5.92 Å². The maximum Gasteiger partial charge on any atom is 0.252 e. The molecule has 2 N–H and O–H groups in total. The van der Waals surface area contributed by atoms with E-state index in [0.717, 1.165) is 12.1 Å². The van der Waals surface area contributed by atoms with E-state index in [2.05, 4.69) is 10.6 Å². The van der Waals surface area contributed by atoms with E-state index in [4.69, 9.17) is 0 Å². The highest BCUT2D eigenvalue weighted by Gasteiger charge is 2.47. The lowest BCUT2D eigenvalue weighted by atomic mass is 9.80. The number of carbonyl (C=O) groups is 1. The fourth-order valence-corrected chi connectivity index (χ4v) is 2.96. The van der Waals surface area contributed by atoms with Gasteiger partial charge in [0.2, 0.25) is 0 Å². The third kappa shape index (κ3) is 1.18. The number of hydrogen-bond donors (Lipinski definition) is 2. The molecule has 3 unspecified atom stereocenters. The van der Waals surface area contributed by atoms with E-state index in [0.29, 0.717) is 18.0 Å². The molecule has 2 aliphatic heterocycles. The zero-order chi connectivity index (χ0) is 9.54. The van der Waals surface area contributed by atoms with E-state index in [1.165, 1.54) is 6.42 Å². The average molecular weight is 208 g/mol. The Hall–Kier alpha value is -0.870. The van der Waals surface area contributed by atoms with Crippen molar-refractivity contribution in [3.05, 3.63) is 22.4 Å². The first-order valence-corrected chi connectivity index (χ1v) is 5.85. The lowest BCUT2D eigenvalue weighted by Crippen LogP contribution is -2.53. The molecule has 0 aromatic carbocycles. The minimum Gasteiger partial charge on any atom is -0.347 e. The maximum absolute atomic E-state index is 11.7. The Morgan fingerprint density at radius 3 is 3.14 bits per heavy atom. The molecule has 0 radical (unpaired) electrons. The number of hydrogen-bond acceptors (Lipinski definition) is 3. The SMILES string of the molecule is O=C(NC1C2CNC1C2)c1ccsc1. The number of amides is 1. The molecule has 2 bridgehead atoms. The molecule has 1 aromatic rings. The van der Waals surface area contributed by atoms with Gasteiger partial charge in [-0.25, -0.2) is 0 Å². The minimum atomic E-state index is 0.0784. The van der Waals surface area contributed by atoms with E-state index in [9.17, 15) is 4.79 Å². The molecule has 1 saturated carbocycles. The molecule has 74 valence electrons. The molecule has 4 rings (SSSR count). The van der Waals surface area contributed by atoms with Crippen LogP contribution in [0.1, 0.15) is 16.8 Å². The van der Waals surface area contributed by atoms with Gasteiger partial charge in [0.1, 0.15) is 0 Å². The summed E-state index contributed by atoms with van der Waals surface area (Å²) < 4.78 is 0. The van der Waals surface area contributed by atoms with E-state index < -0.39 is 0 Å². The van der Waals surface area contributed by atoms with E-state index in [-0.39, 0.29) is 5.91 Å². The van der Waals surface area contributed by atoms with Gasteiger partial charge in [-0.2, -0.15) is 11.3 Å². The largest absolute Gasteiger partial charge is 0.347 e. The topological polar surface area (TPSA) is 41.1 Å². The molecule has 3 fully saturated rings. The molecule has 14 heavy (non-hydrogen) atoms. The molecule has 1 amide bonds. The molecule has 3 aliphatic rings. The summed E-state index contributed by atoms with van der Waals surface area (Å²) in [5, 5.41) is 10.3. The Bertz CT molecular complexity index is 335. The normalized spacial score (nSPS) is 33.9. The molecule has 4 heteroatoms. The van der Waals surface area contributed by atoms with E-state index in [1.807, 2.05) is 16.8 Å². The van der Waals surface area contributed by atoms with Gasteiger partial charge in [0.15, 0.2) is 0 Å². The number of thiophene rings is 1. The van der Waals surface area contributed by atoms with Crippen LogP contribution in [0.25, 0.3) is 0 Å². The second-order valence-electron chi connectivity index (χ2n) is 4.02. The zero-order valence-corrected chi connectivity index (χ0v) is 8.51. The first-order valence-electron chi connectivity index (χ1n) is 4.91. The monoisotopic (exact) mass is 208 g/mol. The van der Waals surface area contributed by atoms with Crippen LogP contribution in [0.15, 0.2) is 16.8 Å². The third-order valence-electron chi connectivity index (χ3n) is 3.22. The average Bonchev–Trinajstić information content (AvgIpc) is 2.85. The molecule has 2 saturated heterocycles. The lowest BCUT2D eigenvalue weighted by Gasteiger charge is -2.34. The second kappa shape index (κ2) is 3.07. The summed E-state index contributed by atoms with van der Waals surface area (Å²) in [6.07, 6.45) is 1.23. The van der Waals surface area contributed by atoms with Crippen LogP contribution in [-0.2, 0) is 0 Å². The highest BCUT2D eigenvalue weighted by molar-refractivity contribution is 7.08. The van der Waals surface area contributed by atoms with Gasteiger partial charge in [0, 0.05) is 29.6 Å². The summed E-state index contributed by atoms with van der Waals surface area (Å²) in [5.74, 6) is 0.747. The van der Waals surface area contributed by atoms with Crippen LogP contribution in [0.4, 0.5) is 0 Å². The van der Waals surface area contributed by atoms with Gasteiger partial charge in [-0.1, -0.05) is 0 Å². The summed E-state index contributed by atoms with van der Waals surface area (Å²) in [7, 11) is 0. The third-order valence-corrected chi connectivity index (χ3v) is 3.90. The summed E-state index contributed by atoms with van der Waals surface area (Å²) in [6.45, 7) is 1.07. The molecule has 1 aromatic heterocycles. The van der Waals surface area contributed by atoms with Crippen LogP contribution in [0.3, 0.4) is 0 Å². The van der Waals surface area contributed by atoms with Crippen LogP contribution in [-0.4, -0.2) is 24.5 Å². The van der Waals surface area contributed by atoms with Crippen molar-refractivity contribution in [3.63, 3.8) is 0 Å². The van der Waals surface area contributed by atoms with Crippen molar-refractivity contribution in [1.82, 2.24) is 10.6 Å². The molecular formula is C10H12N2OS. The summed E-state index contributed by atoms with van der Waals surface area (Å²) >= 11 is 1.56. The summed E-state index contributed by atoms with van der Waals surface area (Å²) in [5.41, 5.74) is 0.793. The molecule has 3 atom stereocenters. The van der Waals surface area contributed by atoms with Crippen LogP contribution >= 0.6 is 11.3 Å². The fraction of sp³-hybridized carbons (Fsp3) is 0.500. The van der Waals surface area contributed by atoms with Gasteiger partial charge in [-0.3, -0.25) is 4.79 Å². The van der Waals surface area contributed by atoms with Gasteiger partial charge in [0.05, 0.1) is 0 Å². The second-order valence-corrected chi connectivity index (χ2v) is 4.80. The van der Waals surface area contributed by atoms with Gasteiger partial charge >= 0.3 is 0 Å². The van der Waals surface area contributed by atoms with Crippen molar-refractivity contribution < 1.29 is 4.79 Å². The quantitative estimate of drug-likeness (QED) is 0.756. The predicted octanol–water partition coefficient (Wildman–Crippen LogP) is 0.838. The molecule has 3 heterocycles. The van der Waals surface area contributed by atoms with Crippen LogP contribution in [0.5, 0.6) is 0 Å². The Kier molecular flexibility index (Phi) is 1.85. The first kappa shape index (κ1) is 8.44. The van der Waals surface area contributed by atoms with Gasteiger partial charge < -0.3 is 10.6 Å². The van der Waals surface area contributed by atoms with Crippen molar-refractivity contribution in [1.29, 1.82) is 0 Å². The number of fused-ring (bicyclic) bond motifs is 1. The summed E-state index contributed by atoms with van der Waals surface area (Å²) in [4.78, 5) is 11.7. The standard InChI is InChI=1S/C10H12N2OS/c13-10(6-1-2-14-5-6)12-9-7-3-8(9)11-4-7/h1-2,5,7-9,11H,3-4H2,(H,12,13). The molecule has 3 nitrogen and oxygen atoms in total. The highest BCUT2D eigenvalue weighted by Crippen LogP contribution is 2.33. The van der Waals surface area contributed by atoms with E-state index >= 15 is 0 Å². The van der Waals surface area contributed by atoms with Gasteiger partial charge in [-0.15, -0.1) is 0 Å². The lowest BCUT2D eigenvalue weighted by molar-refractivity contribution is 0.0892. The zero-order valence-electron chi connectivity index (χ0n) is 7.69. The number of rotatable bonds is 2. The van der Waals surface area contributed by atoms with Crippen molar-refractivity contribution in [2.45, 2.75) is 18.5 Å². The first-order chi connectivity index (χ1) is 6.84. The van der Waals surface area contributed by atoms with Crippen molar-refractivity contribution >= 4 is 17.2 Å². The highest BCUT2D eigenvalue weighted by atomic mass is 32.1. The Morgan fingerprint density at radius 1 is 1.64 bits per heavy atom. The predicted molar refractivity (Wildman–Crippen MR) is 55.5 cm³/mol. The Labute approximate surface area is 86.5 Å². The number of nitrogens with one attached hydrogen (secondary N) is 2. The minimum absolute atomic E-state index is 0.0784. The fourth-order valence-electron chi connectivity index (χ4n) is 2.32. The molecule has 1 aliphatic carbocycles. The van der Waals surface area contributed by atoms with Crippen molar-refractivity contribution in [3.8, 4) is 0 Å². The Morgan fingerprint density at radius 2 is 2.57 bits per heavy atom. The Balaban J connectivity index is 1.66. The van der Waals surface area contributed by atoms with Gasteiger partial charge in [-0.05, 0) is 23.8 Å². The van der Waals surface area contributed by atoms with Gasteiger partial charge in [0.25, 0.3) is 5.91 Å². The summed E-state index contributed by atoms with van der Waals surface area (Å²) in [6, 6.07) is 2.78. The molecular weight excluding hydrogens is 196 g/mol. The van der Waals surface area contributed by atoms with Crippen LogP contribution in [0.2, 0.25) is 0 Å². The van der Waals surface area contributed by atoms with Crippen LogP contribution < -0.4 is 10.6 Å². The van der Waals surface area contributed by atoms with Crippen LogP contribution in [0, 0.1) is 5.92 Å².